The number of aliphatic imine (C=N–C) groups is 1. The van der Waals surface area contributed by atoms with Gasteiger partial charge in [0.05, 0.1) is 18.8 Å². The van der Waals surface area contributed by atoms with Crippen LogP contribution >= 0.6 is 35.3 Å². The molecule has 0 amide bonds. The predicted molar refractivity (Wildman–Crippen MR) is 132 cm³/mol. The zero-order valence-electron chi connectivity index (χ0n) is 16.6. The average molecular weight is 522 g/mol. The lowest BCUT2D eigenvalue weighted by molar-refractivity contribution is 0.0617. The van der Waals surface area contributed by atoms with Gasteiger partial charge in [-0.2, -0.15) is 0 Å². The molecule has 0 aliphatic carbocycles. The quantitative estimate of drug-likeness (QED) is 0.245. The fourth-order valence-corrected chi connectivity index (χ4v) is 3.57. The van der Waals surface area contributed by atoms with Crippen molar-refractivity contribution in [1.29, 1.82) is 0 Å². The van der Waals surface area contributed by atoms with Gasteiger partial charge in [0.25, 0.3) is 0 Å². The van der Waals surface area contributed by atoms with Crippen molar-refractivity contribution >= 4 is 41.3 Å². The molecule has 0 saturated carbocycles. The number of nitrogens with zero attached hydrogens (tertiary/aromatic N) is 2. The summed E-state index contributed by atoms with van der Waals surface area (Å²) in [6.07, 6.45) is 0. The van der Waals surface area contributed by atoms with E-state index in [2.05, 4.69) is 32.7 Å². The van der Waals surface area contributed by atoms with E-state index in [1.54, 1.807) is 18.3 Å². The number of rotatable bonds is 7. The molecule has 5 nitrogen and oxygen atoms in total. The Balaban J connectivity index is 0.00000300. The van der Waals surface area contributed by atoms with Gasteiger partial charge in [0.1, 0.15) is 10.6 Å². The molecule has 1 heterocycles. The fourth-order valence-electron chi connectivity index (χ4n) is 2.75. The molecular weight excluding hydrogens is 495 g/mol. The van der Waals surface area contributed by atoms with Crippen LogP contribution in [-0.2, 0) is 12.1 Å². The Hall–Kier alpha value is -1.97. The summed E-state index contributed by atoms with van der Waals surface area (Å²) in [6.45, 7) is 5.39. The number of halogens is 1. The van der Waals surface area contributed by atoms with E-state index < -0.39 is 5.60 Å². The van der Waals surface area contributed by atoms with E-state index in [9.17, 15) is 5.11 Å². The maximum Gasteiger partial charge on any atom is 0.191 e. The monoisotopic (exact) mass is 522 g/mol. The zero-order chi connectivity index (χ0) is 19.8. The average Bonchev–Trinajstić information content (AvgIpc) is 3.20. The summed E-state index contributed by atoms with van der Waals surface area (Å²) in [5, 5.41) is 20.2. The number of guanidine groups is 1. The van der Waals surface area contributed by atoms with Gasteiger partial charge >= 0.3 is 0 Å². The minimum atomic E-state index is -0.988. The molecule has 29 heavy (non-hydrogen) atoms. The summed E-state index contributed by atoms with van der Waals surface area (Å²) in [6, 6.07) is 19.8. The minimum absolute atomic E-state index is 0. The fraction of sp³-hybridized carbons (Fsp3) is 0.273. The number of hydrogen-bond acceptors (Lipinski definition) is 4. The number of aromatic nitrogens is 1. The number of benzene rings is 2. The van der Waals surface area contributed by atoms with Crippen LogP contribution in [0.4, 0.5) is 0 Å². The molecular formula is C22H27IN4OS. The second kappa shape index (κ2) is 11.3. The third kappa shape index (κ3) is 6.80. The Kier molecular flexibility index (Phi) is 9.06. The van der Waals surface area contributed by atoms with Crippen LogP contribution in [0.25, 0.3) is 10.6 Å². The third-order valence-electron chi connectivity index (χ3n) is 4.31. The van der Waals surface area contributed by atoms with Crippen LogP contribution in [0.2, 0.25) is 0 Å². The highest BCUT2D eigenvalue weighted by atomic mass is 127. The van der Waals surface area contributed by atoms with Gasteiger partial charge < -0.3 is 15.7 Å². The van der Waals surface area contributed by atoms with Gasteiger partial charge in [-0.25, -0.2) is 9.98 Å². The van der Waals surface area contributed by atoms with Crippen molar-refractivity contribution in [3.63, 3.8) is 0 Å². The van der Waals surface area contributed by atoms with E-state index in [1.807, 2.05) is 60.8 Å². The van der Waals surface area contributed by atoms with Crippen molar-refractivity contribution in [2.75, 3.05) is 13.1 Å². The van der Waals surface area contributed by atoms with Crippen molar-refractivity contribution in [3.8, 4) is 10.6 Å². The molecule has 0 aliphatic heterocycles. The molecule has 1 atom stereocenters. The van der Waals surface area contributed by atoms with Crippen molar-refractivity contribution in [2.45, 2.75) is 26.0 Å². The van der Waals surface area contributed by atoms with Gasteiger partial charge in [0.2, 0.25) is 0 Å². The van der Waals surface area contributed by atoms with E-state index in [1.165, 1.54) is 0 Å². The van der Waals surface area contributed by atoms with Crippen molar-refractivity contribution in [3.05, 3.63) is 77.3 Å². The molecule has 7 heteroatoms. The van der Waals surface area contributed by atoms with Crippen LogP contribution in [-0.4, -0.2) is 29.1 Å². The third-order valence-corrected chi connectivity index (χ3v) is 5.25. The molecule has 2 aromatic carbocycles. The van der Waals surface area contributed by atoms with Crippen LogP contribution in [0.15, 0.2) is 71.0 Å². The first-order chi connectivity index (χ1) is 13.6. The first kappa shape index (κ1) is 23.3. The molecule has 154 valence electrons. The number of thiazole rings is 1. The van der Waals surface area contributed by atoms with E-state index in [-0.39, 0.29) is 24.0 Å². The lowest BCUT2D eigenvalue weighted by Crippen LogP contribution is -2.44. The van der Waals surface area contributed by atoms with Crippen LogP contribution in [0, 0.1) is 0 Å². The first-order valence-electron chi connectivity index (χ1n) is 9.38. The molecule has 3 aromatic rings. The normalized spacial score (nSPS) is 13.3. The summed E-state index contributed by atoms with van der Waals surface area (Å²) in [5.41, 5.74) is 1.92. The number of nitrogens with one attached hydrogen (secondary N) is 2. The van der Waals surface area contributed by atoms with Crippen molar-refractivity contribution in [2.24, 2.45) is 4.99 Å². The second-order valence-corrected chi connectivity index (χ2v) is 7.56. The molecule has 1 aromatic heterocycles. The van der Waals surface area contributed by atoms with Gasteiger partial charge in [0.15, 0.2) is 5.96 Å². The van der Waals surface area contributed by atoms with E-state index in [0.29, 0.717) is 19.0 Å². The van der Waals surface area contributed by atoms with E-state index in [4.69, 9.17) is 0 Å². The Morgan fingerprint density at radius 1 is 1.07 bits per heavy atom. The van der Waals surface area contributed by atoms with Crippen LogP contribution < -0.4 is 10.6 Å². The molecule has 0 bridgehead atoms. The molecule has 0 saturated heterocycles. The molecule has 1 unspecified atom stereocenters. The highest BCUT2D eigenvalue weighted by molar-refractivity contribution is 14.0. The van der Waals surface area contributed by atoms with Crippen LogP contribution in [0.3, 0.4) is 0 Å². The van der Waals surface area contributed by atoms with E-state index >= 15 is 0 Å². The molecule has 0 spiro atoms. The summed E-state index contributed by atoms with van der Waals surface area (Å²) in [5.74, 6) is 0.660. The molecule has 0 aliphatic rings. The van der Waals surface area contributed by atoms with Crippen LogP contribution in [0.5, 0.6) is 0 Å². The summed E-state index contributed by atoms with van der Waals surface area (Å²) in [4.78, 5) is 9.29. The number of hydrogen-bond donors (Lipinski definition) is 3. The standard InChI is InChI=1S/C22H26N4OS.HI/c1-3-23-21(25-16-22(2,27)18-12-8-5-9-13-18)24-14-19-15-28-20(26-19)17-10-6-4-7-11-17;/h4-13,15,27H,3,14,16H2,1-2H3,(H2,23,24,25);1H. The van der Waals surface area contributed by atoms with Gasteiger partial charge in [-0.1, -0.05) is 60.7 Å². The highest BCUT2D eigenvalue weighted by Gasteiger charge is 2.22. The predicted octanol–water partition coefficient (Wildman–Crippen LogP) is 4.39. The highest BCUT2D eigenvalue weighted by Crippen LogP contribution is 2.23. The summed E-state index contributed by atoms with van der Waals surface area (Å²) in [7, 11) is 0. The largest absolute Gasteiger partial charge is 0.384 e. The molecule has 0 fully saturated rings. The molecule has 3 rings (SSSR count). The Labute approximate surface area is 193 Å². The van der Waals surface area contributed by atoms with Gasteiger partial charge in [-0.3, -0.25) is 0 Å². The smallest absolute Gasteiger partial charge is 0.191 e. The van der Waals surface area contributed by atoms with Gasteiger partial charge in [0, 0.05) is 17.5 Å². The minimum Gasteiger partial charge on any atom is -0.384 e. The second-order valence-electron chi connectivity index (χ2n) is 6.70. The van der Waals surface area contributed by atoms with Gasteiger partial charge in [-0.15, -0.1) is 35.3 Å². The van der Waals surface area contributed by atoms with Crippen LogP contribution in [0.1, 0.15) is 25.1 Å². The SMILES string of the molecule is CCNC(=NCc1csc(-c2ccccc2)n1)NCC(C)(O)c1ccccc1.I. The first-order valence-corrected chi connectivity index (χ1v) is 10.3. The summed E-state index contributed by atoms with van der Waals surface area (Å²) < 4.78 is 0. The maximum absolute atomic E-state index is 10.8. The lowest BCUT2D eigenvalue weighted by Gasteiger charge is -2.25. The van der Waals surface area contributed by atoms with Crippen molar-refractivity contribution < 1.29 is 5.11 Å². The Morgan fingerprint density at radius 2 is 1.72 bits per heavy atom. The topological polar surface area (TPSA) is 69.5 Å². The zero-order valence-corrected chi connectivity index (χ0v) is 19.8. The van der Waals surface area contributed by atoms with E-state index in [0.717, 1.165) is 28.4 Å². The van der Waals surface area contributed by atoms with Crippen molar-refractivity contribution in [1.82, 2.24) is 15.6 Å². The Morgan fingerprint density at radius 3 is 2.38 bits per heavy atom. The lowest BCUT2D eigenvalue weighted by atomic mass is 9.96. The number of aliphatic hydroxyl groups is 1. The summed E-state index contributed by atoms with van der Waals surface area (Å²) >= 11 is 1.62. The van der Waals surface area contributed by atoms with Gasteiger partial charge in [-0.05, 0) is 19.4 Å². The Bertz CT molecular complexity index is 897. The molecule has 0 radical (unpaired) electrons. The molecule has 3 N–H and O–H groups in total. The maximum atomic E-state index is 10.8.